The van der Waals surface area contributed by atoms with Crippen LogP contribution in [0.25, 0.3) is 0 Å². The molecule has 0 saturated carbocycles. The lowest BCUT2D eigenvalue weighted by Gasteiger charge is -2.30. The topological polar surface area (TPSA) is 88.4 Å². The number of hydrogen-bond acceptors (Lipinski definition) is 5. The van der Waals surface area contributed by atoms with Crippen molar-refractivity contribution < 1.29 is 9.72 Å². The van der Waals surface area contributed by atoms with E-state index in [1.54, 1.807) is 0 Å². The molecule has 1 aromatic rings. The van der Waals surface area contributed by atoms with Crippen LogP contribution >= 0.6 is 11.6 Å². The minimum atomic E-state index is -0.634. The number of likely N-dealkylation sites (N-methyl/N-ethyl adjacent to an activating group) is 1. The largest absolute Gasteiger partial charge is 0.348 e. The molecule has 20 heavy (non-hydrogen) atoms. The quantitative estimate of drug-likeness (QED) is 0.518. The van der Waals surface area contributed by atoms with Crippen molar-refractivity contribution in [2.75, 3.05) is 20.1 Å². The molecule has 1 aliphatic heterocycles. The highest BCUT2D eigenvalue weighted by molar-refractivity contribution is 6.29. The van der Waals surface area contributed by atoms with E-state index < -0.39 is 10.8 Å². The van der Waals surface area contributed by atoms with E-state index in [4.69, 9.17) is 11.6 Å². The molecule has 0 spiro atoms. The molecule has 2 rings (SSSR count). The van der Waals surface area contributed by atoms with Crippen LogP contribution in [0.3, 0.4) is 0 Å². The first kappa shape index (κ1) is 14.7. The zero-order valence-corrected chi connectivity index (χ0v) is 11.8. The average Bonchev–Trinajstić information content (AvgIpc) is 2.38. The monoisotopic (exact) mass is 298 g/mol. The molecule has 1 N–H and O–H groups in total. The lowest BCUT2D eigenvalue weighted by molar-refractivity contribution is -0.385. The summed E-state index contributed by atoms with van der Waals surface area (Å²) in [6.45, 7) is 1.73. The highest BCUT2D eigenvalue weighted by Crippen LogP contribution is 2.20. The molecule has 1 fully saturated rings. The lowest BCUT2D eigenvalue weighted by atomic mass is 10.1. The summed E-state index contributed by atoms with van der Waals surface area (Å²) in [7, 11) is 1.98. The van der Waals surface area contributed by atoms with Crippen molar-refractivity contribution in [2.24, 2.45) is 0 Å². The molecule has 8 heteroatoms. The van der Waals surface area contributed by atoms with Gasteiger partial charge in [-0.3, -0.25) is 14.9 Å². The van der Waals surface area contributed by atoms with Gasteiger partial charge in [-0.25, -0.2) is 4.98 Å². The second kappa shape index (κ2) is 6.15. The molecule has 108 valence electrons. The molecular weight excluding hydrogens is 284 g/mol. The summed E-state index contributed by atoms with van der Waals surface area (Å²) < 4.78 is 0. The standard InChI is InChI=1S/C12H15ClN4O3/c1-16-4-2-3-8(7-16)15-12(18)9-5-11(13)14-6-10(9)17(19)20/h5-6,8H,2-4,7H2,1H3,(H,15,18). The maximum absolute atomic E-state index is 12.2. The van der Waals surface area contributed by atoms with E-state index in [1.165, 1.54) is 6.07 Å². The average molecular weight is 299 g/mol. The number of rotatable bonds is 3. The molecule has 0 bridgehead atoms. The number of halogens is 1. The number of likely N-dealkylation sites (tertiary alicyclic amines) is 1. The maximum Gasteiger partial charge on any atom is 0.300 e. The minimum absolute atomic E-state index is 0.00667. The maximum atomic E-state index is 12.2. The first-order valence-corrected chi connectivity index (χ1v) is 6.64. The Hall–Kier alpha value is -1.73. The second-order valence-electron chi connectivity index (χ2n) is 4.86. The van der Waals surface area contributed by atoms with Crippen LogP contribution in [0.1, 0.15) is 23.2 Å². The molecule has 0 radical (unpaired) electrons. The predicted octanol–water partition coefficient (Wildman–Crippen LogP) is 1.47. The second-order valence-corrected chi connectivity index (χ2v) is 5.24. The van der Waals surface area contributed by atoms with Gasteiger partial charge in [0, 0.05) is 12.6 Å². The van der Waals surface area contributed by atoms with Crippen molar-refractivity contribution in [3.63, 3.8) is 0 Å². The van der Waals surface area contributed by atoms with Gasteiger partial charge in [-0.05, 0) is 32.5 Å². The van der Waals surface area contributed by atoms with Crippen molar-refractivity contribution in [1.29, 1.82) is 0 Å². The van der Waals surface area contributed by atoms with Gasteiger partial charge in [-0.1, -0.05) is 11.6 Å². The summed E-state index contributed by atoms with van der Waals surface area (Å²) in [6.07, 6.45) is 2.85. The van der Waals surface area contributed by atoms with E-state index in [0.717, 1.165) is 32.1 Å². The van der Waals surface area contributed by atoms with Crippen molar-refractivity contribution >= 4 is 23.2 Å². The number of nitrogens with one attached hydrogen (secondary N) is 1. The van der Waals surface area contributed by atoms with Crippen molar-refractivity contribution in [2.45, 2.75) is 18.9 Å². The number of aromatic nitrogens is 1. The first-order chi connectivity index (χ1) is 9.47. The molecular formula is C12H15ClN4O3. The Morgan fingerprint density at radius 2 is 2.40 bits per heavy atom. The zero-order chi connectivity index (χ0) is 14.7. The lowest BCUT2D eigenvalue weighted by Crippen LogP contribution is -2.46. The van der Waals surface area contributed by atoms with Gasteiger partial charge in [0.2, 0.25) is 0 Å². The van der Waals surface area contributed by atoms with Crippen LogP contribution in [0.15, 0.2) is 12.3 Å². The molecule has 0 aliphatic carbocycles. The van der Waals surface area contributed by atoms with Gasteiger partial charge in [0.1, 0.15) is 16.9 Å². The normalized spacial score (nSPS) is 19.6. The van der Waals surface area contributed by atoms with Gasteiger partial charge >= 0.3 is 0 Å². The van der Waals surface area contributed by atoms with Crippen LogP contribution in [0, 0.1) is 10.1 Å². The van der Waals surface area contributed by atoms with Gasteiger partial charge in [-0.2, -0.15) is 0 Å². The van der Waals surface area contributed by atoms with E-state index >= 15 is 0 Å². The summed E-state index contributed by atoms with van der Waals surface area (Å²) >= 11 is 5.71. The zero-order valence-electron chi connectivity index (χ0n) is 11.0. The van der Waals surface area contributed by atoms with Gasteiger partial charge < -0.3 is 10.2 Å². The van der Waals surface area contributed by atoms with Crippen LogP contribution in [-0.2, 0) is 0 Å². The summed E-state index contributed by atoms with van der Waals surface area (Å²) in [5.41, 5.74) is -0.390. The van der Waals surface area contributed by atoms with Crippen molar-refractivity contribution in [3.8, 4) is 0 Å². The Morgan fingerprint density at radius 1 is 1.65 bits per heavy atom. The third-order valence-electron chi connectivity index (χ3n) is 3.25. The van der Waals surface area contributed by atoms with Gasteiger partial charge in [0.25, 0.3) is 11.6 Å². The summed E-state index contributed by atoms with van der Waals surface area (Å²) in [5, 5.41) is 13.8. The predicted molar refractivity (Wildman–Crippen MR) is 73.9 cm³/mol. The molecule has 7 nitrogen and oxygen atoms in total. The number of carbonyl (C=O) groups excluding carboxylic acids is 1. The minimum Gasteiger partial charge on any atom is -0.348 e. The summed E-state index contributed by atoms with van der Waals surface area (Å²) in [6, 6.07) is 1.22. The number of nitro groups is 1. The van der Waals surface area contributed by atoms with Crippen LogP contribution < -0.4 is 5.32 Å². The molecule has 2 heterocycles. The van der Waals surface area contributed by atoms with E-state index in [1.807, 2.05) is 7.05 Å². The molecule has 1 amide bonds. The number of hydrogen-bond donors (Lipinski definition) is 1. The molecule has 1 atom stereocenters. The van der Waals surface area contributed by atoms with Gasteiger partial charge in [0.05, 0.1) is 4.92 Å². The summed E-state index contributed by atoms with van der Waals surface area (Å²) in [4.78, 5) is 28.2. The molecule has 1 unspecified atom stereocenters. The Labute approximate surface area is 121 Å². The fourth-order valence-corrected chi connectivity index (χ4v) is 2.46. The van der Waals surface area contributed by atoms with Gasteiger partial charge in [0.15, 0.2) is 0 Å². The number of nitrogens with zero attached hydrogens (tertiary/aromatic N) is 3. The number of pyridine rings is 1. The summed E-state index contributed by atoms with van der Waals surface area (Å²) in [5.74, 6) is -0.485. The van der Waals surface area contributed by atoms with E-state index in [-0.39, 0.29) is 22.4 Å². The van der Waals surface area contributed by atoms with Crippen LogP contribution in [0.4, 0.5) is 5.69 Å². The van der Waals surface area contributed by atoms with Crippen molar-refractivity contribution in [1.82, 2.24) is 15.2 Å². The smallest absolute Gasteiger partial charge is 0.300 e. The van der Waals surface area contributed by atoms with Crippen LogP contribution in [0.2, 0.25) is 5.15 Å². The highest BCUT2D eigenvalue weighted by atomic mass is 35.5. The fourth-order valence-electron chi connectivity index (χ4n) is 2.30. The Balaban J connectivity index is 2.16. The third kappa shape index (κ3) is 3.43. The third-order valence-corrected chi connectivity index (χ3v) is 3.46. The molecule has 1 aliphatic rings. The SMILES string of the molecule is CN1CCCC(NC(=O)c2cc(Cl)ncc2[N+](=O)[O-])C1. The van der Waals surface area contributed by atoms with Crippen LogP contribution in [0.5, 0.6) is 0 Å². The Morgan fingerprint density at radius 3 is 3.05 bits per heavy atom. The Kier molecular flexibility index (Phi) is 4.51. The van der Waals surface area contributed by atoms with Crippen molar-refractivity contribution in [3.05, 3.63) is 33.1 Å². The van der Waals surface area contributed by atoms with E-state index in [9.17, 15) is 14.9 Å². The van der Waals surface area contributed by atoms with Gasteiger partial charge in [-0.15, -0.1) is 0 Å². The number of carbonyl (C=O) groups is 1. The number of piperidine rings is 1. The molecule has 1 saturated heterocycles. The first-order valence-electron chi connectivity index (χ1n) is 6.26. The highest BCUT2D eigenvalue weighted by Gasteiger charge is 2.25. The Bertz CT molecular complexity index is 537. The van der Waals surface area contributed by atoms with Crippen LogP contribution in [-0.4, -0.2) is 46.9 Å². The number of amides is 1. The fraction of sp³-hybridized carbons (Fsp3) is 0.500. The molecule has 1 aromatic heterocycles. The van der Waals surface area contributed by atoms with E-state index in [2.05, 4.69) is 15.2 Å². The van der Waals surface area contributed by atoms with E-state index in [0.29, 0.717) is 0 Å². The molecule has 0 aromatic carbocycles.